The monoisotopic (exact) mass is 516 g/mol. The van der Waals surface area contributed by atoms with E-state index in [9.17, 15) is 31.1 Å². The van der Waals surface area contributed by atoms with E-state index in [0.717, 1.165) is 37.4 Å². The molecule has 196 valence electrons. The fourth-order valence-electron chi connectivity index (χ4n) is 4.30. The molecule has 0 spiro atoms. The largest absolute Gasteiger partial charge is 0.416 e. The van der Waals surface area contributed by atoms with Gasteiger partial charge in [0.15, 0.2) is 0 Å². The number of nitrogens with one attached hydrogen (secondary N) is 1. The van der Waals surface area contributed by atoms with Crippen LogP contribution in [0.15, 0.2) is 24.3 Å². The minimum atomic E-state index is -4.99. The van der Waals surface area contributed by atoms with Crippen molar-refractivity contribution >= 4 is 23.5 Å². The number of hydrogen-bond acceptors (Lipinski definition) is 5. The van der Waals surface area contributed by atoms with Crippen molar-refractivity contribution in [2.75, 3.05) is 54.4 Å². The van der Waals surface area contributed by atoms with Gasteiger partial charge in [-0.15, -0.1) is 0 Å². The van der Waals surface area contributed by atoms with Crippen LogP contribution in [-0.2, 0) is 12.4 Å². The van der Waals surface area contributed by atoms with Gasteiger partial charge >= 0.3 is 18.4 Å². The van der Waals surface area contributed by atoms with Gasteiger partial charge in [0.2, 0.25) is 5.95 Å². The number of urea groups is 1. The van der Waals surface area contributed by atoms with Gasteiger partial charge in [0, 0.05) is 56.7 Å². The van der Waals surface area contributed by atoms with Crippen LogP contribution < -0.4 is 15.1 Å². The Bertz CT molecular complexity index is 1060. The standard InChI is InChI=1S/C23H26F6N6O/c1-15-11-19(33-5-3-2-4-6-33)32-20(30-15)34-7-9-35(10-8-34)21(36)31-18-13-16(22(24,25)26)12-17(14-18)23(27,28)29/h11-14H,2-10H2,1H3,(H,31,36). The summed E-state index contributed by atoms with van der Waals surface area (Å²) in [5.74, 6) is 1.38. The lowest BCUT2D eigenvalue weighted by Gasteiger charge is -2.35. The molecule has 1 N–H and O–H groups in total. The van der Waals surface area contributed by atoms with E-state index in [0.29, 0.717) is 31.2 Å². The Labute approximate surface area is 204 Å². The zero-order valence-electron chi connectivity index (χ0n) is 19.6. The SMILES string of the molecule is Cc1cc(N2CCCCC2)nc(N2CCN(C(=O)Nc3cc(C(F)(F)F)cc(C(F)(F)F)c3)CC2)n1. The minimum absolute atomic E-state index is 0.0222. The number of carbonyl (C=O) groups excluding carboxylic acids is 1. The Kier molecular flexibility index (Phi) is 7.19. The van der Waals surface area contributed by atoms with E-state index in [1.54, 1.807) is 0 Å². The number of amides is 2. The summed E-state index contributed by atoms with van der Waals surface area (Å²) in [4.78, 5) is 27.3. The van der Waals surface area contributed by atoms with Crippen LogP contribution in [0.3, 0.4) is 0 Å². The summed E-state index contributed by atoms with van der Waals surface area (Å²) in [7, 11) is 0. The van der Waals surface area contributed by atoms with E-state index >= 15 is 0 Å². The van der Waals surface area contributed by atoms with Crippen LogP contribution in [0.5, 0.6) is 0 Å². The molecule has 36 heavy (non-hydrogen) atoms. The number of piperazine rings is 1. The number of aryl methyl sites for hydroxylation is 1. The number of halogens is 6. The van der Waals surface area contributed by atoms with Crippen molar-refractivity contribution in [3.05, 3.63) is 41.1 Å². The quantitative estimate of drug-likeness (QED) is 0.571. The maximum atomic E-state index is 13.1. The Balaban J connectivity index is 1.42. The molecule has 0 saturated carbocycles. The second-order valence-electron chi connectivity index (χ2n) is 8.91. The second kappa shape index (κ2) is 10.0. The van der Waals surface area contributed by atoms with Crippen LogP contribution in [0.25, 0.3) is 0 Å². The smallest absolute Gasteiger partial charge is 0.356 e. The number of aromatic nitrogens is 2. The van der Waals surface area contributed by atoms with Crippen molar-refractivity contribution in [2.45, 2.75) is 38.5 Å². The molecule has 2 fully saturated rings. The lowest BCUT2D eigenvalue weighted by Crippen LogP contribution is -2.50. The van der Waals surface area contributed by atoms with Crippen molar-refractivity contribution < 1.29 is 31.1 Å². The first-order valence-electron chi connectivity index (χ1n) is 11.6. The topological polar surface area (TPSA) is 64.6 Å². The number of nitrogens with zero attached hydrogens (tertiary/aromatic N) is 5. The van der Waals surface area contributed by atoms with Gasteiger partial charge < -0.3 is 20.0 Å². The molecule has 2 aliphatic heterocycles. The van der Waals surface area contributed by atoms with Gasteiger partial charge in [0.1, 0.15) is 5.82 Å². The molecule has 7 nitrogen and oxygen atoms in total. The van der Waals surface area contributed by atoms with Crippen LogP contribution >= 0.6 is 0 Å². The number of hydrogen-bond donors (Lipinski definition) is 1. The molecular weight excluding hydrogens is 490 g/mol. The van der Waals surface area contributed by atoms with Gasteiger partial charge in [-0.3, -0.25) is 0 Å². The molecule has 3 heterocycles. The fraction of sp³-hybridized carbons (Fsp3) is 0.522. The lowest BCUT2D eigenvalue weighted by atomic mass is 10.1. The highest BCUT2D eigenvalue weighted by Gasteiger charge is 2.37. The minimum Gasteiger partial charge on any atom is -0.356 e. The Morgan fingerprint density at radius 2 is 1.36 bits per heavy atom. The molecule has 0 atom stereocenters. The van der Waals surface area contributed by atoms with Crippen LogP contribution in [-0.4, -0.2) is 60.2 Å². The predicted molar refractivity (Wildman–Crippen MR) is 122 cm³/mol. The lowest BCUT2D eigenvalue weighted by molar-refractivity contribution is -0.143. The molecule has 2 aromatic rings. The molecular formula is C23H26F6N6O. The highest BCUT2D eigenvalue weighted by molar-refractivity contribution is 5.89. The zero-order chi connectivity index (χ0) is 26.1. The first-order valence-corrected chi connectivity index (χ1v) is 11.6. The van der Waals surface area contributed by atoms with Gasteiger partial charge in [0.05, 0.1) is 11.1 Å². The molecule has 1 aromatic heterocycles. The third-order valence-electron chi connectivity index (χ3n) is 6.20. The number of carbonyl (C=O) groups is 1. The second-order valence-corrected chi connectivity index (χ2v) is 8.91. The third-order valence-corrected chi connectivity index (χ3v) is 6.20. The van der Waals surface area contributed by atoms with Crippen molar-refractivity contribution in [3.8, 4) is 0 Å². The van der Waals surface area contributed by atoms with E-state index in [4.69, 9.17) is 4.98 Å². The van der Waals surface area contributed by atoms with Gasteiger partial charge in [0.25, 0.3) is 0 Å². The van der Waals surface area contributed by atoms with Gasteiger partial charge in [-0.25, -0.2) is 9.78 Å². The Hall–Kier alpha value is -3.25. The third kappa shape index (κ3) is 6.11. The molecule has 2 saturated heterocycles. The van der Waals surface area contributed by atoms with Crippen molar-refractivity contribution in [1.29, 1.82) is 0 Å². The molecule has 0 unspecified atom stereocenters. The van der Waals surface area contributed by atoms with E-state index in [1.807, 2.05) is 17.9 Å². The first-order chi connectivity index (χ1) is 16.9. The van der Waals surface area contributed by atoms with Gasteiger partial charge in [-0.2, -0.15) is 31.3 Å². The first kappa shape index (κ1) is 25.8. The number of piperidine rings is 1. The van der Waals surface area contributed by atoms with Crippen LogP contribution in [0, 0.1) is 6.92 Å². The van der Waals surface area contributed by atoms with Crippen molar-refractivity contribution in [1.82, 2.24) is 14.9 Å². The van der Waals surface area contributed by atoms with Crippen LogP contribution in [0.2, 0.25) is 0 Å². The molecule has 4 rings (SSSR count). The number of alkyl halides is 6. The summed E-state index contributed by atoms with van der Waals surface area (Å²) in [6, 6.07) is 2.16. The molecule has 13 heteroatoms. The molecule has 1 aromatic carbocycles. The predicted octanol–water partition coefficient (Wildman–Crippen LogP) is 5.17. The average Bonchev–Trinajstić information content (AvgIpc) is 2.83. The molecule has 2 aliphatic rings. The van der Waals surface area contributed by atoms with E-state index in [-0.39, 0.29) is 19.2 Å². The van der Waals surface area contributed by atoms with E-state index < -0.39 is 35.2 Å². The maximum absolute atomic E-state index is 13.1. The van der Waals surface area contributed by atoms with E-state index in [1.165, 1.54) is 11.3 Å². The molecule has 2 amide bonds. The zero-order valence-corrected chi connectivity index (χ0v) is 19.6. The van der Waals surface area contributed by atoms with Crippen LogP contribution in [0.1, 0.15) is 36.1 Å². The summed E-state index contributed by atoms with van der Waals surface area (Å²) in [6.07, 6.45) is -6.60. The summed E-state index contributed by atoms with van der Waals surface area (Å²) in [6.45, 7) is 4.87. The van der Waals surface area contributed by atoms with Gasteiger partial charge in [-0.1, -0.05) is 0 Å². The van der Waals surface area contributed by atoms with Crippen molar-refractivity contribution in [2.24, 2.45) is 0 Å². The summed E-state index contributed by atoms with van der Waals surface area (Å²) in [5.41, 5.74) is -2.74. The number of rotatable bonds is 3. The highest BCUT2D eigenvalue weighted by Crippen LogP contribution is 2.37. The Morgan fingerprint density at radius 3 is 1.92 bits per heavy atom. The summed E-state index contributed by atoms with van der Waals surface area (Å²) >= 11 is 0. The molecule has 0 bridgehead atoms. The summed E-state index contributed by atoms with van der Waals surface area (Å²) < 4.78 is 78.6. The van der Waals surface area contributed by atoms with Gasteiger partial charge in [-0.05, 0) is 44.4 Å². The highest BCUT2D eigenvalue weighted by atomic mass is 19.4. The summed E-state index contributed by atoms with van der Waals surface area (Å²) in [5, 5.41) is 2.18. The maximum Gasteiger partial charge on any atom is 0.416 e. The molecule has 0 radical (unpaired) electrons. The van der Waals surface area contributed by atoms with Crippen molar-refractivity contribution in [3.63, 3.8) is 0 Å². The normalized spacial score (nSPS) is 17.4. The van der Waals surface area contributed by atoms with Crippen LogP contribution in [0.4, 0.5) is 48.6 Å². The fourth-order valence-corrected chi connectivity index (χ4v) is 4.30. The Morgan fingerprint density at radius 1 is 0.778 bits per heavy atom. The number of benzene rings is 1. The molecule has 0 aliphatic carbocycles. The number of anilines is 3. The average molecular weight is 516 g/mol. The van der Waals surface area contributed by atoms with E-state index in [2.05, 4.69) is 15.2 Å².